The van der Waals surface area contributed by atoms with Gasteiger partial charge in [0.15, 0.2) is 0 Å². The van der Waals surface area contributed by atoms with Crippen LogP contribution in [-0.4, -0.2) is 20.4 Å². The predicted octanol–water partition coefficient (Wildman–Crippen LogP) is 5.22. The van der Waals surface area contributed by atoms with Crippen molar-refractivity contribution < 1.29 is 17.4 Å². The number of carbonyl (C=O) groups excluding carboxylic acids is 1. The highest BCUT2D eigenvalue weighted by Crippen LogP contribution is 2.59. The van der Waals surface area contributed by atoms with Gasteiger partial charge in [0.1, 0.15) is 10.6 Å². The normalized spacial score (nSPS) is 24.4. The molecule has 1 N–H and O–H groups in total. The Morgan fingerprint density at radius 3 is 2.61 bits per heavy atom. The SMILES string of the molecule is CC1(C)C2CCC(NC(=O)c3csc4ccc(OS(=O)(=O)c5ccccc5)cc34)C1C2. The molecular formula is C24H25NO4S2. The van der Waals surface area contributed by atoms with Gasteiger partial charge >= 0.3 is 10.1 Å². The van der Waals surface area contributed by atoms with Crippen LogP contribution in [0.1, 0.15) is 43.5 Å². The van der Waals surface area contributed by atoms with Gasteiger partial charge in [-0.1, -0.05) is 32.0 Å². The summed E-state index contributed by atoms with van der Waals surface area (Å²) >= 11 is 1.47. The van der Waals surface area contributed by atoms with E-state index in [2.05, 4.69) is 19.2 Å². The maximum atomic E-state index is 13.1. The molecule has 1 aromatic heterocycles. The highest BCUT2D eigenvalue weighted by atomic mass is 32.2. The highest BCUT2D eigenvalue weighted by Gasteiger charge is 2.54. The zero-order valence-electron chi connectivity index (χ0n) is 17.5. The second-order valence-electron chi connectivity index (χ2n) is 9.18. The van der Waals surface area contributed by atoms with E-state index in [1.54, 1.807) is 36.4 Å². The monoisotopic (exact) mass is 455 g/mol. The summed E-state index contributed by atoms with van der Waals surface area (Å²) in [5, 5.41) is 5.81. The van der Waals surface area contributed by atoms with E-state index < -0.39 is 10.1 Å². The van der Waals surface area contributed by atoms with Crippen LogP contribution in [0.3, 0.4) is 0 Å². The smallest absolute Gasteiger partial charge is 0.339 e. The van der Waals surface area contributed by atoms with E-state index in [0.717, 1.165) is 23.5 Å². The van der Waals surface area contributed by atoms with E-state index >= 15 is 0 Å². The van der Waals surface area contributed by atoms with Gasteiger partial charge in [0.2, 0.25) is 0 Å². The lowest BCUT2D eigenvalue weighted by atomic mass is 9.47. The number of hydrogen-bond acceptors (Lipinski definition) is 5. The first kappa shape index (κ1) is 20.5. The van der Waals surface area contributed by atoms with E-state index in [1.165, 1.54) is 29.9 Å². The van der Waals surface area contributed by atoms with E-state index in [9.17, 15) is 13.2 Å². The van der Waals surface area contributed by atoms with E-state index in [-0.39, 0.29) is 22.6 Å². The standard InChI is InChI=1S/C24H25NO4S2/c1-24(2)15-8-10-21(20(24)12-15)25-23(26)19-14-30-22-11-9-16(13-18(19)22)29-31(27,28)17-6-4-3-5-7-17/h3-7,9,11,13-15,20-21H,8,10,12H2,1-2H3,(H,25,26). The summed E-state index contributed by atoms with van der Waals surface area (Å²) in [4.78, 5) is 13.2. The molecule has 162 valence electrons. The molecule has 3 aromatic rings. The number of carbonyl (C=O) groups is 1. The number of rotatable bonds is 5. The van der Waals surface area contributed by atoms with Crippen LogP contribution in [-0.2, 0) is 10.1 Å². The highest BCUT2D eigenvalue weighted by molar-refractivity contribution is 7.87. The Balaban J connectivity index is 1.38. The molecule has 31 heavy (non-hydrogen) atoms. The van der Waals surface area contributed by atoms with Crippen LogP contribution in [0, 0.1) is 17.3 Å². The van der Waals surface area contributed by atoms with Crippen LogP contribution in [0.4, 0.5) is 0 Å². The summed E-state index contributed by atoms with van der Waals surface area (Å²) < 4.78 is 31.4. The predicted molar refractivity (Wildman–Crippen MR) is 122 cm³/mol. The molecule has 3 aliphatic carbocycles. The average molecular weight is 456 g/mol. The number of amides is 1. The van der Waals surface area contributed by atoms with Gasteiger partial charge in [-0.25, -0.2) is 0 Å². The van der Waals surface area contributed by atoms with E-state index in [0.29, 0.717) is 22.3 Å². The molecule has 0 radical (unpaired) electrons. The van der Waals surface area contributed by atoms with Gasteiger partial charge in [0, 0.05) is 21.5 Å². The van der Waals surface area contributed by atoms with E-state index in [1.807, 2.05) is 5.38 Å². The Morgan fingerprint density at radius 1 is 1.13 bits per heavy atom. The van der Waals surface area contributed by atoms with Crippen LogP contribution in [0.5, 0.6) is 5.75 Å². The molecule has 5 nitrogen and oxygen atoms in total. The lowest BCUT2D eigenvalue weighted by Gasteiger charge is -2.60. The lowest BCUT2D eigenvalue weighted by Crippen LogP contribution is -2.59. The van der Waals surface area contributed by atoms with Crippen molar-refractivity contribution in [1.82, 2.24) is 5.32 Å². The summed E-state index contributed by atoms with van der Waals surface area (Å²) in [5.41, 5.74) is 0.863. The Kier molecular flexibility index (Phi) is 4.86. The molecule has 3 aliphatic rings. The Hall–Kier alpha value is -2.38. The topological polar surface area (TPSA) is 72.5 Å². The van der Waals surface area contributed by atoms with Crippen molar-refractivity contribution in [3.63, 3.8) is 0 Å². The summed E-state index contributed by atoms with van der Waals surface area (Å²) in [7, 11) is -3.93. The minimum absolute atomic E-state index is 0.0945. The average Bonchev–Trinajstić information content (AvgIpc) is 3.17. The number of benzene rings is 2. The fraction of sp³-hybridized carbons (Fsp3) is 0.375. The maximum absolute atomic E-state index is 13.1. The Bertz CT molecular complexity index is 1250. The third-order valence-corrected chi connectivity index (χ3v) is 9.43. The minimum Gasteiger partial charge on any atom is -0.379 e. The largest absolute Gasteiger partial charge is 0.379 e. The summed E-state index contributed by atoms with van der Waals surface area (Å²) in [6.45, 7) is 4.61. The Labute approximate surface area is 186 Å². The molecule has 0 saturated heterocycles. The minimum atomic E-state index is -3.93. The van der Waals surface area contributed by atoms with Gasteiger partial charge in [-0.05, 0) is 66.8 Å². The molecular weight excluding hydrogens is 430 g/mol. The molecule has 3 unspecified atom stereocenters. The van der Waals surface area contributed by atoms with Gasteiger partial charge in [-0.2, -0.15) is 8.42 Å². The Morgan fingerprint density at radius 2 is 1.90 bits per heavy atom. The van der Waals surface area contributed by atoms with Gasteiger partial charge in [-0.15, -0.1) is 11.3 Å². The molecule has 1 heterocycles. The maximum Gasteiger partial charge on any atom is 0.339 e. The van der Waals surface area contributed by atoms with Crippen molar-refractivity contribution in [2.45, 2.75) is 44.0 Å². The third kappa shape index (κ3) is 3.53. The molecule has 3 fully saturated rings. The van der Waals surface area contributed by atoms with Crippen molar-refractivity contribution in [2.75, 3.05) is 0 Å². The van der Waals surface area contributed by atoms with Crippen LogP contribution in [0.2, 0.25) is 0 Å². The second-order valence-corrected chi connectivity index (χ2v) is 11.6. The molecule has 0 aliphatic heterocycles. The summed E-state index contributed by atoms with van der Waals surface area (Å²) in [5.74, 6) is 1.40. The number of nitrogens with one attached hydrogen (secondary N) is 1. The summed E-state index contributed by atoms with van der Waals surface area (Å²) in [6, 6.07) is 13.3. The first-order valence-electron chi connectivity index (χ1n) is 10.6. The zero-order valence-corrected chi connectivity index (χ0v) is 19.1. The third-order valence-electron chi connectivity index (χ3n) is 7.20. The van der Waals surface area contributed by atoms with Crippen molar-refractivity contribution in [3.8, 4) is 5.75 Å². The summed E-state index contributed by atoms with van der Waals surface area (Å²) in [6.07, 6.45) is 3.38. The first-order chi connectivity index (χ1) is 14.8. The second kappa shape index (κ2) is 7.35. The van der Waals surface area contributed by atoms with Gasteiger partial charge in [0.05, 0.1) is 5.56 Å². The van der Waals surface area contributed by atoms with Crippen LogP contribution in [0.15, 0.2) is 58.8 Å². The zero-order chi connectivity index (χ0) is 21.8. The number of thiophene rings is 1. The molecule has 2 bridgehead atoms. The van der Waals surface area contributed by atoms with Gasteiger partial charge in [0.25, 0.3) is 5.91 Å². The van der Waals surface area contributed by atoms with Crippen molar-refractivity contribution in [2.24, 2.45) is 17.3 Å². The molecule has 3 saturated carbocycles. The van der Waals surface area contributed by atoms with E-state index in [4.69, 9.17) is 4.18 Å². The number of fused-ring (bicyclic) bond motifs is 3. The molecule has 1 amide bonds. The fourth-order valence-corrected chi connectivity index (χ4v) is 7.09. The van der Waals surface area contributed by atoms with Gasteiger partial charge < -0.3 is 9.50 Å². The quantitative estimate of drug-likeness (QED) is 0.535. The van der Waals surface area contributed by atoms with Gasteiger partial charge in [-0.3, -0.25) is 4.79 Å². The van der Waals surface area contributed by atoms with Crippen molar-refractivity contribution in [1.29, 1.82) is 0 Å². The fourth-order valence-electron chi connectivity index (χ4n) is 5.23. The first-order valence-corrected chi connectivity index (χ1v) is 12.9. The molecule has 7 heteroatoms. The van der Waals surface area contributed by atoms with Crippen molar-refractivity contribution in [3.05, 3.63) is 59.5 Å². The van der Waals surface area contributed by atoms with Crippen LogP contribution >= 0.6 is 11.3 Å². The van der Waals surface area contributed by atoms with Crippen molar-refractivity contribution >= 4 is 37.4 Å². The molecule has 6 rings (SSSR count). The number of hydrogen-bond donors (Lipinski definition) is 1. The van der Waals surface area contributed by atoms with Crippen LogP contribution < -0.4 is 9.50 Å². The molecule has 0 spiro atoms. The molecule has 3 atom stereocenters. The molecule has 2 aromatic carbocycles. The lowest BCUT2D eigenvalue weighted by molar-refractivity contribution is -0.0843. The van der Waals surface area contributed by atoms with Crippen LogP contribution in [0.25, 0.3) is 10.1 Å².